The highest BCUT2D eigenvalue weighted by molar-refractivity contribution is 7.89. The lowest BCUT2D eigenvalue weighted by molar-refractivity contribution is -0.122. The molecule has 0 spiro atoms. The van der Waals surface area contributed by atoms with Gasteiger partial charge in [0.15, 0.2) is 0 Å². The fourth-order valence-electron chi connectivity index (χ4n) is 1.71. The van der Waals surface area contributed by atoms with E-state index in [2.05, 4.69) is 10.0 Å². The summed E-state index contributed by atoms with van der Waals surface area (Å²) in [5, 5.41) is 2.76. The molecule has 6 nitrogen and oxygen atoms in total. The van der Waals surface area contributed by atoms with E-state index < -0.39 is 16.1 Å². The van der Waals surface area contributed by atoms with E-state index in [0.29, 0.717) is 6.54 Å². The van der Waals surface area contributed by atoms with Gasteiger partial charge in [-0.3, -0.25) is 4.79 Å². The maximum atomic E-state index is 12.1. The van der Waals surface area contributed by atoms with Crippen molar-refractivity contribution in [2.45, 2.75) is 43.3 Å². The van der Waals surface area contributed by atoms with Crippen molar-refractivity contribution in [2.75, 3.05) is 0 Å². The largest absolute Gasteiger partial charge is 0.352 e. The molecule has 1 unspecified atom stereocenters. The van der Waals surface area contributed by atoms with E-state index in [-0.39, 0.29) is 16.8 Å². The molecule has 4 N–H and O–H groups in total. The number of nitrogens with two attached hydrogens (primary N) is 1. The second kappa shape index (κ2) is 5.90. The maximum Gasteiger partial charge on any atom is 0.241 e. The standard InChI is InChI=1S/C13H19N3O3S/c1-9(13(17)15-11-4-5-11)16-20(18,19)12-6-2-10(8-14)3-7-12/h2-3,6-7,9,11,16H,4-5,8,14H2,1H3,(H,15,17). The molecule has 1 atom stereocenters. The monoisotopic (exact) mass is 297 g/mol. The Morgan fingerprint density at radius 3 is 2.45 bits per heavy atom. The van der Waals surface area contributed by atoms with E-state index in [0.717, 1.165) is 18.4 Å². The molecule has 7 heteroatoms. The first-order valence-corrected chi connectivity index (χ1v) is 8.02. The van der Waals surface area contributed by atoms with Gasteiger partial charge >= 0.3 is 0 Å². The van der Waals surface area contributed by atoms with Crippen LogP contribution in [-0.2, 0) is 21.4 Å². The zero-order chi connectivity index (χ0) is 14.8. The fourth-order valence-corrected chi connectivity index (χ4v) is 2.92. The van der Waals surface area contributed by atoms with E-state index in [1.807, 2.05) is 0 Å². The lowest BCUT2D eigenvalue weighted by atomic mass is 10.2. The lowest BCUT2D eigenvalue weighted by Gasteiger charge is -2.14. The van der Waals surface area contributed by atoms with Crippen molar-refractivity contribution in [3.05, 3.63) is 29.8 Å². The summed E-state index contributed by atoms with van der Waals surface area (Å²) in [5.41, 5.74) is 6.31. The van der Waals surface area contributed by atoms with E-state index >= 15 is 0 Å². The number of rotatable bonds is 6. The minimum atomic E-state index is -3.70. The molecule has 1 fully saturated rings. The Bertz CT molecular complexity index is 579. The summed E-state index contributed by atoms with van der Waals surface area (Å²) in [6.45, 7) is 1.89. The summed E-state index contributed by atoms with van der Waals surface area (Å²) in [4.78, 5) is 11.9. The molecule has 1 aliphatic rings. The second-order valence-electron chi connectivity index (χ2n) is 4.97. The zero-order valence-electron chi connectivity index (χ0n) is 11.3. The number of hydrogen-bond acceptors (Lipinski definition) is 4. The molecular formula is C13H19N3O3S. The van der Waals surface area contributed by atoms with Crippen LogP contribution >= 0.6 is 0 Å². The number of carbonyl (C=O) groups excluding carboxylic acids is 1. The predicted octanol–water partition coefficient (Wildman–Crippen LogP) is 0.0907. The van der Waals surface area contributed by atoms with Gasteiger partial charge in [0, 0.05) is 12.6 Å². The van der Waals surface area contributed by atoms with Crippen molar-refractivity contribution in [3.8, 4) is 0 Å². The van der Waals surface area contributed by atoms with Crippen molar-refractivity contribution in [2.24, 2.45) is 5.73 Å². The third kappa shape index (κ3) is 3.78. The molecule has 0 aromatic heterocycles. The molecule has 0 radical (unpaired) electrons. The van der Waals surface area contributed by atoms with Crippen molar-refractivity contribution >= 4 is 15.9 Å². The van der Waals surface area contributed by atoms with Gasteiger partial charge in [0.05, 0.1) is 10.9 Å². The Kier molecular flexibility index (Phi) is 4.42. The van der Waals surface area contributed by atoms with Gasteiger partial charge in [-0.25, -0.2) is 8.42 Å². The number of benzene rings is 1. The Morgan fingerprint density at radius 2 is 1.95 bits per heavy atom. The van der Waals surface area contributed by atoms with E-state index in [1.165, 1.54) is 19.1 Å². The van der Waals surface area contributed by atoms with Gasteiger partial charge in [-0.05, 0) is 37.5 Å². The van der Waals surface area contributed by atoms with Crippen LogP contribution in [0.5, 0.6) is 0 Å². The van der Waals surface area contributed by atoms with Gasteiger partial charge in [-0.15, -0.1) is 0 Å². The third-order valence-corrected chi connectivity index (χ3v) is 4.67. The van der Waals surface area contributed by atoms with Gasteiger partial charge in [-0.1, -0.05) is 12.1 Å². The number of sulfonamides is 1. The smallest absolute Gasteiger partial charge is 0.241 e. The van der Waals surface area contributed by atoms with Crippen molar-refractivity contribution in [1.29, 1.82) is 0 Å². The summed E-state index contributed by atoms with van der Waals surface area (Å²) in [6, 6.07) is 5.69. The molecule has 0 saturated heterocycles. The Balaban J connectivity index is 2.03. The average Bonchev–Trinajstić information content (AvgIpc) is 3.22. The van der Waals surface area contributed by atoms with Gasteiger partial charge < -0.3 is 11.1 Å². The minimum Gasteiger partial charge on any atom is -0.352 e. The normalized spacial score (nSPS) is 16.7. The molecule has 0 bridgehead atoms. The molecule has 1 aliphatic carbocycles. The topological polar surface area (TPSA) is 101 Å². The molecule has 1 saturated carbocycles. The maximum absolute atomic E-state index is 12.1. The Hall–Kier alpha value is -1.44. The minimum absolute atomic E-state index is 0.126. The first-order valence-electron chi connectivity index (χ1n) is 6.54. The summed E-state index contributed by atoms with van der Waals surface area (Å²) >= 11 is 0. The summed E-state index contributed by atoms with van der Waals surface area (Å²) in [5.74, 6) is -0.297. The molecule has 110 valence electrons. The highest BCUT2D eigenvalue weighted by atomic mass is 32.2. The third-order valence-electron chi connectivity index (χ3n) is 3.12. The van der Waals surface area contributed by atoms with Crippen LogP contribution in [0.15, 0.2) is 29.2 Å². The number of carbonyl (C=O) groups is 1. The molecule has 1 amide bonds. The van der Waals surface area contributed by atoms with Crippen LogP contribution in [0.1, 0.15) is 25.3 Å². The first kappa shape index (κ1) is 15.0. The van der Waals surface area contributed by atoms with Crippen molar-refractivity contribution < 1.29 is 13.2 Å². The second-order valence-corrected chi connectivity index (χ2v) is 6.69. The first-order chi connectivity index (χ1) is 9.42. The van der Waals surface area contributed by atoms with Crippen LogP contribution in [-0.4, -0.2) is 26.4 Å². The predicted molar refractivity (Wildman–Crippen MR) is 75.3 cm³/mol. The molecule has 0 heterocycles. The SMILES string of the molecule is CC(NS(=O)(=O)c1ccc(CN)cc1)C(=O)NC1CC1. The number of amides is 1. The van der Waals surface area contributed by atoms with E-state index in [1.54, 1.807) is 12.1 Å². The van der Waals surface area contributed by atoms with Crippen LogP contribution in [0, 0.1) is 0 Å². The number of nitrogens with one attached hydrogen (secondary N) is 2. The highest BCUT2D eigenvalue weighted by Crippen LogP contribution is 2.18. The molecule has 1 aromatic rings. The molecule has 1 aromatic carbocycles. The summed E-state index contributed by atoms with van der Waals surface area (Å²) in [6.07, 6.45) is 1.93. The van der Waals surface area contributed by atoms with Crippen molar-refractivity contribution in [3.63, 3.8) is 0 Å². The molecule has 2 rings (SSSR count). The Morgan fingerprint density at radius 1 is 1.35 bits per heavy atom. The van der Waals surface area contributed by atoms with E-state index in [9.17, 15) is 13.2 Å². The van der Waals surface area contributed by atoms with Gasteiger partial charge in [0.25, 0.3) is 0 Å². The zero-order valence-corrected chi connectivity index (χ0v) is 12.1. The van der Waals surface area contributed by atoms with Crippen LogP contribution in [0.25, 0.3) is 0 Å². The van der Waals surface area contributed by atoms with Gasteiger partial charge in [0.1, 0.15) is 0 Å². The molecule has 20 heavy (non-hydrogen) atoms. The van der Waals surface area contributed by atoms with Crippen LogP contribution < -0.4 is 15.8 Å². The quantitative estimate of drug-likeness (QED) is 0.692. The summed E-state index contributed by atoms with van der Waals surface area (Å²) < 4.78 is 26.6. The summed E-state index contributed by atoms with van der Waals surface area (Å²) in [7, 11) is -3.70. The average molecular weight is 297 g/mol. The fraction of sp³-hybridized carbons (Fsp3) is 0.462. The van der Waals surface area contributed by atoms with Crippen LogP contribution in [0.2, 0.25) is 0 Å². The van der Waals surface area contributed by atoms with Crippen LogP contribution in [0.4, 0.5) is 0 Å². The van der Waals surface area contributed by atoms with Gasteiger partial charge in [0.2, 0.25) is 15.9 Å². The van der Waals surface area contributed by atoms with Gasteiger partial charge in [-0.2, -0.15) is 4.72 Å². The van der Waals surface area contributed by atoms with E-state index in [4.69, 9.17) is 5.73 Å². The highest BCUT2D eigenvalue weighted by Gasteiger charge is 2.27. The van der Waals surface area contributed by atoms with Crippen LogP contribution in [0.3, 0.4) is 0 Å². The van der Waals surface area contributed by atoms with Crippen molar-refractivity contribution in [1.82, 2.24) is 10.0 Å². The number of hydrogen-bond donors (Lipinski definition) is 3. The Labute approximate surface area is 118 Å². The lowest BCUT2D eigenvalue weighted by Crippen LogP contribution is -2.45. The molecule has 0 aliphatic heterocycles. The molecular weight excluding hydrogens is 278 g/mol.